The van der Waals surface area contributed by atoms with Crippen LogP contribution < -0.4 is 0 Å². The predicted octanol–water partition coefficient (Wildman–Crippen LogP) is 1.83. The van der Waals surface area contributed by atoms with E-state index in [4.69, 9.17) is 4.74 Å². The molecule has 2 aromatic rings. The first-order chi connectivity index (χ1) is 12.5. The number of hydrogen-bond acceptors (Lipinski definition) is 7. The molecular formula is C17H19N5O3S. The molecular weight excluding hydrogens is 354 g/mol. The lowest BCUT2D eigenvalue weighted by atomic mass is 10.0. The number of likely N-dealkylation sites (tertiary alicyclic amines) is 1. The maximum Gasteiger partial charge on any atom is 0.410 e. The van der Waals surface area contributed by atoms with Crippen LogP contribution in [0.5, 0.6) is 0 Å². The van der Waals surface area contributed by atoms with Crippen LogP contribution in [0.15, 0.2) is 18.5 Å². The van der Waals surface area contributed by atoms with Gasteiger partial charge in [-0.25, -0.2) is 19.7 Å². The Labute approximate surface area is 154 Å². The lowest BCUT2D eigenvalue weighted by Crippen LogP contribution is -2.39. The van der Waals surface area contributed by atoms with Gasteiger partial charge < -0.3 is 14.5 Å². The van der Waals surface area contributed by atoms with E-state index in [9.17, 15) is 9.59 Å². The van der Waals surface area contributed by atoms with Crippen molar-refractivity contribution in [3.63, 3.8) is 0 Å². The van der Waals surface area contributed by atoms with Crippen LogP contribution in [-0.4, -0.2) is 69.0 Å². The third-order valence-electron chi connectivity index (χ3n) is 4.73. The third-order valence-corrected chi connectivity index (χ3v) is 5.81. The van der Waals surface area contributed by atoms with Crippen LogP contribution in [0.25, 0.3) is 10.8 Å². The summed E-state index contributed by atoms with van der Waals surface area (Å²) in [6, 6.07) is 1.74. The first-order valence-electron chi connectivity index (χ1n) is 8.52. The van der Waals surface area contributed by atoms with Crippen molar-refractivity contribution >= 4 is 23.3 Å². The number of carbonyl (C=O) groups is 2. The van der Waals surface area contributed by atoms with Crippen molar-refractivity contribution in [3.05, 3.63) is 29.0 Å². The lowest BCUT2D eigenvalue weighted by molar-refractivity contribution is 0.0554. The Morgan fingerprint density at radius 3 is 2.77 bits per heavy atom. The Kier molecular flexibility index (Phi) is 4.10. The van der Waals surface area contributed by atoms with E-state index in [1.54, 1.807) is 35.3 Å². The first-order valence-corrected chi connectivity index (χ1v) is 9.33. The number of thiazole rings is 1. The zero-order valence-corrected chi connectivity index (χ0v) is 15.5. The third kappa shape index (κ3) is 2.82. The van der Waals surface area contributed by atoms with E-state index in [1.165, 1.54) is 11.3 Å². The number of ether oxygens (including phenoxy) is 1. The van der Waals surface area contributed by atoms with E-state index in [2.05, 4.69) is 15.0 Å². The smallest absolute Gasteiger partial charge is 0.410 e. The van der Waals surface area contributed by atoms with Gasteiger partial charge in [0, 0.05) is 32.4 Å². The van der Waals surface area contributed by atoms with Crippen LogP contribution in [0.2, 0.25) is 0 Å². The summed E-state index contributed by atoms with van der Waals surface area (Å²) in [6.45, 7) is 3.47. The van der Waals surface area contributed by atoms with Gasteiger partial charge in [0.15, 0.2) is 16.4 Å². The molecule has 2 saturated heterocycles. The molecule has 8 nitrogen and oxygen atoms in total. The highest BCUT2D eigenvalue weighted by Crippen LogP contribution is 2.34. The van der Waals surface area contributed by atoms with Gasteiger partial charge in [-0.05, 0) is 12.5 Å². The molecule has 0 aromatic carbocycles. The molecule has 4 rings (SSSR count). The number of amides is 2. The maximum atomic E-state index is 13.1. The Bertz CT molecular complexity index is 855. The van der Waals surface area contributed by atoms with Crippen molar-refractivity contribution in [2.24, 2.45) is 0 Å². The van der Waals surface area contributed by atoms with E-state index < -0.39 is 5.60 Å². The minimum atomic E-state index is -0.579. The van der Waals surface area contributed by atoms with Gasteiger partial charge in [0.2, 0.25) is 0 Å². The second-order valence-corrected chi connectivity index (χ2v) is 7.60. The summed E-state index contributed by atoms with van der Waals surface area (Å²) in [5.74, 6) is 0.458. The molecule has 2 aliphatic heterocycles. The standard InChI is InChI=1S/C17H19N5O3S/c1-3-11-12(26-14(20-11)13-18-6-4-7-19-13)15(23)22-8-5-17(10-22)9-21(2)16(24)25-17/h4,6-7H,3,5,8-10H2,1-2H3. The van der Waals surface area contributed by atoms with Crippen LogP contribution in [0.3, 0.4) is 0 Å². The van der Waals surface area contributed by atoms with Gasteiger partial charge in [0.1, 0.15) is 4.88 Å². The summed E-state index contributed by atoms with van der Waals surface area (Å²) in [5.41, 5.74) is 0.174. The maximum absolute atomic E-state index is 13.1. The monoisotopic (exact) mass is 373 g/mol. The number of likely N-dealkylation sites (N-methyl/N-ethyl adjacent to an activating group) is 1. The van der Waals surface area contributed by atoms with Gasteiger partial charge >= 0.3 is 6.09 Å². The highest BCUT2D eigenvalue weighted by atomic mass is 32.1. The zero-order valence-electron chi connectivity index (χ0n) is 14.6. The summed E-state index contributed by atoms with van der Waals surface area (Å²) in [5, 5.41) is 0.645. The predicted molar refractivity (Wildman–Crippen MR) is 94.9 cm³/mol. The van der Waals surface area contributed by atoms with Gasteiger partial charge in [0.05, 0.1) is 18.8 Å². The number of hydrogen-bond donors (Lipinski definition) is 0. The molecule has 1 unspecified atom stereocenters. The largest absolute Gasteiger partial charge is 0.439 e. The zero-order chi connectivity index (χ0) is 18.3. The van der Waals surface area contributed by atoms with E-state index in [1.807, 2.05) is 6.92 Å². The van der Waals surface area contributed by atoms with Crippen molar-refractivity contribution in [2.75, 3.05) is 26.7 Å². The average molecular weight is 373 g/mol. The molecule has 2 fully saturated rings. The molecule has 0 bridgehead atoms. The second-order valence-electron chi connectivity index (χ2n) is 6.60. The molecule has 136 valence electrons. The number of carbonyl (C=O) groups excluding carboxylic acids is 2. The normalized spacial score (nSPS) is 22.3. The minimum absolute atomic E-state index is 0.0657. The lowest BCUT2D eigenvalue weighted by Gasteiger charge is -2.21. The van der Waals surface area contributed by atoms with Crippen molar-refractivity contribution < 1.29 is 14.3 Å². The van der Waals surface area contributed by atoms with Crippen LogP contribution in [0.4, 0.5) is 4.79 Å². The van der Waals surface area contributed by atoms with Gasteiger partial charge in [-0.3, -0.25) is 4.79 Å². The molecule has 0 N–H and O–H groups in total. The summed E-state index contributed by atoms with van der Waals surface area (Å²) in [7, 11) is 1.71. The molecule has 1 spiro atoms. The first kappa shape index (κ1) is 16.9. The van der Waals surface area contributed by atoms with Gasteiger partial charge in [-0.2, -0.15) is 0 Å². The number of nitrogens with zero attached hydrogens (tertiary/aromatic N) is 5. The van der Waals surface area contributed by atoms with E-state index in [0.717, 1.165) is 5.69 Å². The molecule has 2 aromatic heterocycles. The molecule has 0 radical (unpaired) electrons. The van der Waals surface area contributed by atoms with Crippen LogP contribution in [-0.2, 0) is 11.2 Å². The van der Waals surface area contributed by atoms with E-state index in [0.29, 0.717) is 48.2 Å². The molecule has 4 heterocycles. The van der Waals surface area contributed by atoms with E-state index in [-0.39, 0.29) is 12.0 Å². The van der Waals surface area contributed by atoms with Crippen LogP contribution >= 0.6 is 11.3 Å². The topological polar surface area (TPSA) is 88.5 Å². The number of aromatic nitrogens is 3. The Morgan fingerprint density at radius 2 is 2.12 bits per heavy atom. The molecule has 9 heteroatoms. The van der Waals surface area contributed by atoms with Crippen LogP contribution in [0.1, 0.15) is 28.7 Å². The number of aryl methyl sites for hydroxylation is 1. The summed E-state index contributed by atoms with van der Waals surface area (Å²) in [4.78, 5) is 41.7. The van der Waals surface area contributed by atoms with Gasteiger partial charge in [-0.15, -0.1) is 11.3 Å². The van der Waals surface area contributed by atoms with Crippen molar-refractivity contribution in [2.45, 2.75) is 25.4 Å². The average Bonchev–Trinajstić information content (AvgIpc) is 3.33. The highest BCUT2D eigenvalue weighted by Gasteiger charge is 2.49. The Balaban J connectivity index is 1.57. The molecule has 0 saturated carbocycles. The van der Waals surface area contributed by atoms with Crippen molar-refractivity contribution in [3.8, 4) is 10.8 Å². The fraction of sp³-hybridized carbons (Fsp3) is 0.471. The Hall–Kier alpha value is -2.55. The fourth-order valence-electron chi connectivity index (χ4n) is 3.43. The van der Waals surface area contributed by atoms with Crippen LogP contribution in [0, 0.1) is 0 Å². The molecule has 2 amide bonds. The molecule has 2 aliphatic rings. The molecule has 26 heavy (non-hydrogen) atoms. The molecule has 0 aliphatic carbocycles. The number of rotatable bonds is 3. The summed E-state index contributed by atoms with van der Waals surface area (Å²) < 4.78 is 5.53. The highest BCUT2D eigenvalue weighted by molar-refractivity contribution is 7.17. The molecule has 1 atom stereocenters. The van der Waals surface area contributed by atoms with Crippen molar-refractivity contribution in [1.29, 1.82) is 0 Å². The summed E-state index contributed by atoms with van der Waals surface area (Å²) in [6.07, 6.45) is 4.30. The van der Waals surface area contributed by atoms with Gasteiger partial charge in [0.25, 0.3) is 5.91 Å². The Morgan fingerprint density at radius 1 is 1.35 bits per heavy atom. The minimum Gasteiger partial charge on any atom is -0.439 e. The summed E-state index contributed by atoms with van der Waals surface area (Å²) >= 11 is 1.32. The quantitative estimate of drug-likeness (QED) is 0.816. The van der Waals surface area contributed by atoms with Crippen molar-refractivity contribution in [1.82, 2.24) is 24.8 Å². The van der Waals surface area contributed by atoms with E-state index >= 15 is 0 Å². The SMILES string of the molecule is CCc1nc(-c2ncccn2)sc1C(=O)N1CCC2(CN(C)C(=O)O2)C1. The van der Waals surface area contributed by atoms with Gasteiger partial charge in [-0.1, -0.05) is 6.92 Å². The second kappa shape index (κ2) is 6.31. The fourth-order valence-corrected chi connectivity index (χ4v) is 4.50.